The summed E-state index contributed by atoms with van der Waals surface area (Å²) in [6, 6.07) is 3.74. The van der Waals surface area contributed by atoms with Gasteiger partial charge in [-0.3, -0.25) is 4.79 Å². The number of nitrogens with zero attached hydrogens (tertiary/aromatic N) is 1. The Bertz CT molecular complexity index is 694. The lowest BCUT2D eigenvalue weighted by Gasteiger charge is -2.35. The van der Waals surface area contributed by atoms with Gasteiger partial charge in [-0.15, -0.1) is 0 Å². The van der Waals surface area contributed by atoms with E-state index in [-0.39, 0.29) is 41.9 Å². The highest BCUT2D eigenvalue weighted by atomic mass is 32.2. The first-order valence-corrected chi connectivity index (χ1v) is 9.55. The van der Waals surface area contributed by atoms with Crippen molar-refractivity contribution in [2.45, 2.75) is 43.5 Å². The summed E-state index contributed by atoms with van der Waals surface area (Å²) in [5.41, 5.74) is 5.46. The standard InChI is InChI=1S/C16H24FN3O3S/c1-12-14(17)6-4-7-15(12)24(22,23)20-10-3-2-5-13(20)11-19-16(21)8-9-18/h4,6-7,13H,2-3,5,8-11,18H2,1H3,(H,19,21). The molecule has 1 atom stereocenters. The fourth-order valence-corrected chi connectivity index (χ4v) is 4.87. The molecule has 1 aromatic rings. The first-order chi connectivity index (χ1) is 11.4. The number of nitrogens with one attached hydrogen (secondary N) is 1. The van der Waals surface area contributed by atoms with Crippen molar-refractivity contribution in [3.8, 4) is 0 Å². The van der Waals surface area contributed by atoms with Crippen LogP contribution in [0.25, 0.3) is 0 Å². The van der Waals surface area contributed by atoms with Crippen LogP contribution < -0.4 is 11.1 Å². The Morgan fingerprint density at radius 3 is 2.88 bits per heavy atom. The minimum atomic E-state index is -3.81. The first-order valence-electron chi connectivity index (χ1n) is 8.11. The Morgan fingerprint density at radius 2 is 2.17 bits per heavy atom. The van der Waals surface area contributed by atoms with Gasteiger partial charge >= 0.3 is 0 Å². The monoisotopic (exact) mass is 357 g/mol. The minimum Gasteiger partial charge on any atom is -0.354 e. The SMILES string of the molecule is Cc1c(F)cccc1S(=O)(=O)N1CCCCC1CNC(=O)CCN. The van der Waals surface area contributed by atoms with E-state index in [9.17, 15) is 17.6 Å². The highest BCUT2D eigenvalue weighted by molar-refractivity contribution is 7.89. The van der Waals surface area contributed by atoms with Crippen LogP contribution >= 0.6 is 0 Å². The van der Waals surface area contributed by atoms with E-state index in [1.54, 1.807) is 0 Å². The predicted molar refractivity (Wildman–Crippen MR) is 89.3 cm³/mol. The third kappa shape index (κ3) is 4.12. The molecule has 0 radical (unpaired) electrons. The van der Waals surface area contributed by atoms with E-state index < -0.39 is 15.8 Å². The summed E-state index contributed by atoms with van der Waals surface area (Å²) in [5.74, 6) is -0.733. The van der Waals surface area contributed by atoms with Gasteiger partial charge < -0.3 is 11.1 Å². The summed E-state index contributed by atoms with van der Waals surface area (Å²) < 4.78 is 41.1. The smallest absolute Gasteiger partial charge is 0.243 e. The number of halogens is 1. The average Bonchev–Trinajstić information content (AvgIpc) is 2.56. The molecule has 8 heteroatoms. The van der Waals surface area contributed by atoms with E-state index in [4.69, 9.17) is 5.73 Å². The van der Waals surface area contributed by atoms with Crippen LogP contribution in [0.15, 0.2) is 23.1 Å². The molecule has 3 N–H and O–H groups in total. The lowest BCUT2D eigenvalue weighted by molar-refractivity contribution is -0.121. The first kappa shape index (κ1) is 18.8. The molecule has 0 bridgehead atoms. The molecule has 6 nitrogen and oxygen atoms in total. The number of carbonyl (C=O) groups is 1. The quantitative estimate of drug-likeness (QED) is 0.799. The van der Waals surface area contributed by atoms with E-state index in [0.29, 0.717) is 13.0 Å². The molecule has 134 valence electrons. The van der Waals surface area contributed by atoms with Gasteiger partial charge in [-0.25, -0.2) is 12.8 Å². The maximum Gasteiger partial charge on any atom is 0.243 e. The largest absolute Gasteiger partial charge is 0.354 e. The van der Waals surface area contributed by atoms with Crippen LogP contribution in [0.4, 0.5) is 4.39 Å². The Balaban J connectivity index is 2.22. The van der Waals surface area contributed by atoms with Crippen molar-refractivity contribution in [3.05, 3.63) is 29.6 Å². The summed E-state index contributed by atoms with van der Waals surface area (Å²) in [6.07, 6.45) is 2.52. The van der Waals surface area contributed by atoms with Crippen LogP contribution in [-0.2, 0) is 14.8 Å². The molecular weight excluding hydrogens is 333 g/mol. The lowest BCUT2D eigenvalue weighted by atomic mass is 10.1. The second kappa shape index (κ2) is 8.04. The number of rotatable bonds is 6. The van der Waals surface area contributed by atoms with Crippen LogP contribution in [0.3, 0.4) is 0 Å². The third-order valence-corrected chi connectivity index (χ3v) is 6.38. The number of carbonyl (C=O) groups excluding carboxylic acids is 1. The highest BCUT2D eigenvalue weighted by Gasteiger charge is 2.34. The zero-order valence-electron chi connectivity index (χ0n) is 13.8. The molecule has 1 saturated heterocycles. The van der Waals surface area contributed by atoms with Gasteiger partial charge in [-0.1, -0.05) is 12.5 Å². The second-order valence-corrected chi connectivity index (χ2v) is 7.83. The van der Waals surface area contributed by atoms with Gasteiger partial charge in [0.05, 0.1) is 4.90 Å². The molecular formula is C16H24FN3O3S. The molecule has 0 aromatic heterocycles. The molecule has 0 aliphatic carbocycles. The number of nitrogens with two attached hydrogens (primary N) is 1. The topological polar surface area (TPSA) is 92.5 Å². The van der Waals surface area contributed by atoms with Gasteiger partial charge in [0.15, 0.2) is 0 Å². The van der Waals surface area contributed by atoms with Gasteiger partial charge in [0.25, 0.3) is 0 Å². The average molecular weight is 357 g/mol. The van der Waals surface area contributed by atoms with Crippen molar-refractivity contribution < 1.29 is 17.6 Å². The minimum absolute atomic E-state index is 0.0114. The third-order valence-electron chi connectivity index (χ3n) is 4.28. The maximum atomic E-state index is 13.8. The number of hydrogen-bond acceptors (Lipinski definition) is 4. The molecule has 24 heavy (non-hydrogen) atoms. The molecule has 1 heterocycles. The van der Waals surface area contributed by atoms with Crippen LogP contribution in [0.1, 0.15) is 31.2 Å². The normalized spacial score (nSPS) is 19.2. The van der Waals surface area contributed by atoms with Crippen molar-refractivity contribution in [2.24, 2.45) is 5.73 Å². The fourth-order valence-electron chi connectivity index (χ4n) is 2.94. The summed E-state index contributed by atoms with van der Waals surface area (Å²) in [6.45, 7) is 2.33. The van der Waals surface area contributed by atoms with Crippen LogP contribution in [0.2, 0.25) is 0 Å². The molecule has 1 unspecified atom stereocenters. The van der Waals surface area contributed by atoms with E-state index >= 15 is 0 Å². The van der Waals surface area contributed by atoms with Crippen molar-refractivity contribution >= 4 is 15.9 Å². The van der Waals surface area contributed by atoms with Gasteiger partial charge in [0.2, 0.25) is 15.9 Å². The van der Waals surface area contributed by atoms with Crippen molar-refractivity contribution in [1.82, 2.24) is 9.62 Å². The fraction of sp³-hybridized carbons (Fsp3) is 0.562. The number of hydrogen-bond donors (Lipinski definition) is 2. The van der Waals surface area contributed by atoms with E-state index in [1.165, 1.54) is 29.4 Å². The number of sulfonamides is 1. The zero-order valence-corrected chi connectivity index (χ0v) is 14.6. The Morgan fingerprint density at radius 1 is 1.42 bits per heavy atom. The van der Waals surface area contributed by atoms with Crippen molar-refractivity contribution in [3.63, 3.8) is 0 Å². The number of benzene rings is 1. The number of amides is 1. The number of piperidine rings is 1. The molecule has 1 aliphatic rings. The van der Waals surface area contributed by atoms with Crippen LogP contribution in [0, 0.1) is 12.7 Å². The van der Waals surface area contributed by atoms with Crippen molar-refractivity contribution in [2.75, 3.05) is 19.6 Å². The molecule has 1 aromatic carbocycles. The zero-order chi connectivity index (χ0) is 17.7. The Hall–Kier alpha value is -1.51. The van der Waals surface area contributed by atoms with Crippen LogP contribution in [-0.4, -0.2) is 44.3 Å². The molecule has 1 aliphatic heterocycles. The maximum absolute atomic E-state index is 13.8. The van der Waals surface area contributed by atoms with Gasteiger partial charge in [0.1, 0.15) is 5.82 Å². The van der Waals surface area contributed by atoms with Crippen molar-refractivity contribution in [1.29, 1.82) is 0 Å². The summed E-state index contributed by atoms with van der Waals surface area (Å²) in [7, 11) is -3.81. The van der Waals surface area contributed by atoms with E-state index in [1.807, 2.05) is 0 Å². The lowest BCUT2D eigenvalue weighted by Crippen LogP contribution is -2.49. The van der Waals surface area contributed by atoms with Gasteiger partial charge in [0, 0.05) is 37.7 Å². The van der Waals surface area contributed by atoms with Crippen LogP contribution in [0.5, 0.6) is 0 Å². The second-order valence-electron chi connectivity index (χ2n) is 5.97. The molecule has 1 amide bonds. The summed E-state index contributed by atoms with van der Waals surface area (Å²) in [5, 5.41) is 2.73. The Kier molecular flexibility index (Phi) is 6.31. The molecule has 0 spiro atoms. The highest BCUT2D eigenvalue weighted by Crippen LogP contribution is 2.27. The predicted octanol–water partition coefficient (Wildman–Crippen LogP) is 1.14. The summed E-state index contributed by atoms with van der Waals surface area (Å²) in [4.78, 5) is 11.6. The van der Waals surface area contributed by atoms with E-state index in [0.717, 1.165) is 12.8 Å². The molecule has 1 fully saturated rings. The Labute approximate surface area is 142 Å². The van der Waals surface area contributed by atoms with Gasteiger partial charge in [-0.05, 0) is 31.9 Å². The molecule has 2 rings (SSSR count). The summed E-state index contributed by atoms with van der Waals surface area (Å²) >= 11 is 0. The van der Waals surface area contributed by atoms with Gasteiger partial charge in [-0.2, -0.15) is 4.31 Å². The molecule has 0 saturated carbocycles. The van der Waals surface area contributed by atoms with E-state index in [2.05, 4.69) is 5.32 Å².